The number of hydrogen-bond acceptors (Lipinski definition) is 5. The summed E-state index contributed by atoms with van der Waals surface area (Å²) in [7, 11) is 0. The molecule has 4 aromatic rings. The summed E-state index contributed by atoms with van der Waals surface area (Å²) in [5.41, 5.74) is 4.31. The van der Waals surface area contributed by atoms with E-state index < -0.39 is 0 Å². The number of nitrogens with zero attached hydrogens (tertiary/aromatic N) is 4. The van der Waals surface area contributed by atoms with Gasteiger partial charge in [0.15, 0.2) is 0 Å². The maximum absolute atomic E-state index is 12.5. The number of hydrogen-bond donors (Lipinski definition) is 2. The number of para-hydroxylation sites is 1. The first kappa shape index (κ1) is 16.7. The Morgan fingerprint density at radius 3 is 2.30 bits per heavy atom. The fourth-order valence-electron chi connectivity index (χ4n) is 2.77. The first-order valence-corrected chi connectivity index (χ1v) is 8.53. The van der Waals surface area contributed by atoms with Crippen molar-refractivity contribution >= 4 is 28.7 Å². The summed E-state index contributed by atoms with van der Waals surface area (Å²) in [6, 6.07) is 19.2. The van der Waals surface area contributed by atoms with Gasteiger partial charge in [-0.2, -0.15) is 4.98 Å². The van der Waals surface area contributed by atoms with Gasteiger partial charge in [0.2, 0.25) is 5.82 Å². The van der Waals surface area contributed by atoms with Crippen LogP contribution in [0.3, 0.4) is 0 Å². The van der Waals surface area contributed by atoms with E-state index in [1.807, 2.05) is 74.5 Å². The molecule has 0 unspecified atom stereocenters. The third kappa shape index (κ3) is 3.62. The van der Waals surface area contributed by atoms with E-state index >= 15 is 0 Å². The highest BCUT2D eigenvalue weighted by molar-refractivity contribution is 6.01. The molecule has 7 nitrogen and oxygen atoms in total. The Kier molecular flexibility index (Phi) is 4.25. The average molecular weight is 358 g/mol. The van der Waals surface area contributed by atoms with E-state index in [0.29, 0.717) is 11.5 Å². The maximum Gasteiger partial charge on any atom is 0.295 e. The number of amides is 1. The average Bonchev–Trinajstić information content (AvgIpc) is 3.09. The SMILES string of the molecule is Cc1cc(C)n2nc(C(=O)Nc3ccc(Nc4ccccc4)cc3)nc2n1. The van der Waals surface area contributed by atoms with E-state index in [0.717, 1.165) is 22.8 Å². The van der Waals surface area contributed by atoms with Gasteiger partial charge in [-0.3, -0.25) is 4.79 Å². The third-order valence-corrected chi connectivity index (χ3v) is 4.03. The number of anilines is 3. The Labute approximate surface area is 156 Å². The normalized spacial score (nSPS) is 10.7. The smallest absolute Gasteiger partial charge is 0.295 e. The summed E-state index contributed by atoms with van der Waals surface area (Å²) in [5.74, 6) is 0.129. The van der Waals surface area contributed by atoms with Gasteiger partial charge < -0.3 is 10.6 Å². The van der Waals surface area contributed by atoms with Crippen molar-refractivity contribution in [3.8, 4) is 0 Å². The molecule has 7 heteroatoms. The number of fused-ring (bicyclic) bond motifs is 1. The van der Waals surface area contributed by atoms with Crippen LogP contribution in [0.4, 0.5) is 17.1 Å². The van der Waals surface area contributed by atoms with Crippen LogP contribution < -0.4 is 10.6 Å². The van der Waals surface area contributed by atoms with E-state index in [1.165, 1.54) is 0 Å². The van der Waals surface area contributed by atoms with E-state index in [1.54, 1.807) is 4.52 Å². The lowest BCUT2D eigenvalue weighted by atomic mass is 10.2. The van der Waals surface area contributed by atoms with Crippen LogP contribution in [-0.4, -0.2) is 25.5 Å². The Morgan fingerprint density at radius 1 is 0.889 bits per heavy atom. The number of benzene rings is 2. The highest BCUT2D eigenvalue weighted by Crippen LogP contribution is 2.19. The molecule has 1 amide bonds. The monoisotopic (exact) mass is 358 g/mol. The zero-order chi connectivity index (χ0) is 18.8. The van der Waals surface area contributed by atoms with Crippen LogP contribution in [0.2, 0.25) is 0 Å². The Balaban J connectivity index is 1.49. The van der Waals surface area contributed by atoms with Crippen molar-refractivity contribution in [2.24, 2.45) is 0 Å². The van der Waals surface area contributed by atoms with Crippen LogP contribution in [0, 0.1) is 13.8 Å². The van der Waals surface area contributed by atoms with Crippen molar-refractivity contribution in [2.75, 3.05) is 10.6 Å². The lowest BCUT2D eigenvalue weighted by molar-refractivity contribution is 0.101. The van der Waals surface area contributed by atoms with Gasteiger partial charge in [0.25, 0.3) is 11.7 Å². The second-order valence-corrected chi connectivity index (χ2v) is 6.21. The van der Waals surface area contributed by atoms with Crippen molar-refractivity contribution in [3.63, 3.8) is 0 Å². The minimum atomic E-state index is -0.374. The number of aryl methyl sites for hydroxylation is 2. The van der Waals surface area contributed by atoms with Gasteiger partial charge in [0, 0.05) is 28.5 Å². The molecule has 0 aliphatic heterocycles. The fraction of sp³-hybridized carbons (Fsp3) is 0.100. The first-order valence-electron chi connectivity index (χ1n) is 8.53. The molecule has 2 aromatic carbocycles. The molecular weight excluding hydrogens is 340 g/mol. The van der Waals surface area contributed by atoms with Gasteiger partial charge in [-0.15, -0.1) is 5.10 Å². The first-order chi connectivity index (χ1) is 13.1. The van der Waals surface area contributed by atoms with Crippen molar-refractivity contribution in [2.45, 2.75) is 13.8 Å². The molecule has 0 bridgehead atoms. The number of nitrogens with one attached hydrogen (secondary N) is 2. The molecule has 0 spiro atoms. The Bertz CT molecular complexity index is 1100. The van der Waals surface area contributed by atoms with Crippen LogP contribution in [-0.2, 0) is 0 Å². The highest BCUT2D eigenvalue weighted by atomic mass is 16.2. The summed E-state index contributed by atoms with van der Waals surface area (Å²) in [6.45, 7) is 3.78. The molecule has 0 aliphatic rings. The quantitative estimate of drug-likeness (QED) is 0.581. The van der Waals surface area contributed by atoms with Gasteiger partial charge in [-0.05, 0) is 56.3 Å². The van der Waals surface area contributed by atoms with Gasteiger partial charge in [-0.25, -0.2) is 9.50 Å². The van der Waals surface area contributed by atoms with Crippen LogP contribution in [0.1, 0.15) is 22.0 Å². The summed E-state index contributed by atoms with van der Waals surface area (Å²) < 4.78 is 1.56. The van der Waals surface area contributed by atoms with Gasteiger partial charge >= 0.3 is 0 Å². The molecule has 0 radical (unpaired) electrons. The predicted molar refractivity (Wildman–Crippen MR) is 104 cm³/mol. The Hall–Kier alpha value is -3.74. The van der Waals surface area contributed by atoms with E-state index in [9.17, 15) is 4.79 Å². The lowest BCUT2D eigenvalue weighted by Gasteiger charge is -2.07. The molecule has 2 heterocycles. The molecule has 0 saturated carbocycles. The summed E-state index contributed by atoms with van der Waals surface area (Å²) in [6.07, 6.45) is 0. The molecule has 2 N–H and O–H groups in total. The topological polar surface area (TPSA) is 84.2 Å². The van der Waals surface area contributed by atoms with Gasteiger partial charge in [0.1, 0.15) is 0 Å². The second kappa shape index (κ2) is 6.87. The maximum atomic E-state index is 12.5. The van der Waals surface area contributed by atoms with Crippen molar-refractivity contribution in [3.05, 3.63) is 77.9 Å². The van der Waals surface area contributed by atoms with Crippen molar-refractivity contribution < 1.29 is 4.79 Å². The van der Waals surface area contributed by atoms with Gasteiger partial charge in [0.05, 0.1) is 0 Å². The molecule has 27 heavy (non-hydrogen) atoms. The van der Waals surface area contributed by atoms with E-state index in [2.05, 4.69) is 25.7 Å². The van der Waals surface area contributed by atoms with E-state index in [4.69, 9.17) is 0 Å². The zero-order valence-electron chi connectivity index (χ0n) is 15.0. The molecule has 2 aromatic heterocycles. The van der Waals surface area contributed by atoms with Crippen molar-refractivity contribution in [1.29, 1.82) is 0 Å². The van der Waals surface area contributed by atoms with Crippen LogP contribution >= 0.6 is 0 Å². The molecule has 4 rings (SSSR count). The highest BCUT2D eigenvalue weighted by Gasteiger charge is 2.15. The molecule has 134 valence electrons. The molecule has 0 saturated heterocycles. The van der Waals surface area contributed by atoms with Gasteiger partial charge in [-0.1, -0.05) is 18.2 Å². The summed E-state index contributed by atoms with van der Waals surface area (Å²) >= 11 is 0. The summed E-state index contributed by atoms with van der Waals surface area (Å²) in [5, 5.41) is 10.3. The number of rotatable bonds is 4. The number of carbonyl (C=O) groups is 1. The van der Waals surface area contributed by atoms with Crippen molar-refractivity contribution in [1.82, 2.24) is 19.6 Å². The standard InChI is InChI=1S/C20H18N6O/c1-13-12-14(2)26-20(21-13)24-18(25-26)19(27)23-17-10-8-16(9-11-17)22-15-6-4-3-5-7-15/h3-12,22H,1-2H3,(H,23,27). The number of aromatic nitrogens is 4. The fourth-order valence-corrected chi connectivity index (χ4v) is 2.77. The third-order valence-electron chi connectivity index (χ3n) is 4.03. The van der Waals surface area contributed by atoms with E-state index in [-0.39, 0.29) is 11.7 Å². The molecule has 0 fully saturated rings. The predicted octanol–water partition coefficient (Wildman–Crippen LogP) is 3.74. The summed E-state index contributed by atoms with van der Waals surface area (Å²) in [4.78, 5) is 21.0. The number of carbonyl (C=O) groups excluding carboxylic acids is 1. The zero-order valence-corrected chi connectivity index (χ0v) is 15.0. The minimum absolute atomic E-state index is 0.0858. The van der Waals surface area contributed by atoms with Crippen LogP contribution in [0.5, 0.6) is 0 Å². The molecular formula is C20H18N6O. The Morgan fingerprint density at radius 2 is 1.56 bits per heavy atom. The van der Waals surface area contributed by atoms with Crippen LogP contribution in [0.15, 0.2) is 60.7 Å². The largest absolute Gasteiger partial charge is 0.356 e. The van der Waals surface area contributed by atoms with Crippen LogP contribution in [0.25, 0.3) is 5.78 Å². The second-order valence-electron chi connectivity index (χ2n) is 6.21. The minimum Gasteiger partial charge on any atom is -0.356 e. The molecule has 0 atom stereocenters. The lowest BCUT2D eigenvalue weighted by Crippen LogP contribution is -2.14. The molecule has 0 aliphatic carbocycles.